The Balaban J connectivity index is 2.23. The molecular weight excluding hydrogens is 236 g/mol. The molecule has 0 spiro atoms. The van der Waals surface area contributed by atoms with Gasteiger partial charge in [-0.1, -0.05) is 20.3 Å². The van der Waals surface area contributed by atoms with Crippen LogP contribution in [0.2, 0.25) is 0 Å². The zero-order chi connectivity index (χ0) is 13.5. The topological polar surface area (TPSA) is 46.5 Å². The highest BCUT2D eigenvalue weighted by Gasteiger charge is 2.26. The highest BCUT2D eigenvalue weighted by molar-refractivity contribution is 5.89. The maximum absolute atomic E-state index is 4.63. The summed E-state index contributed by atoms with van der Waals surface area (Å²) in [6.45, 7) is 6.73. The third-order valence-corrected chi connectivity index (χ3v) is 4.13. The first-order valence-corrected chi connectivity index (χ1v) is 7.00. The van der Waals surface area contributed by atoms with E-state index in [9.17, 15) is 0 Å². The van der Waals surface area contributed by atoms with Crippen LogP contribution in [-0.2, 0) is 5.54 Å². The van der Waals surface area contributed by atoms with E-state index in [0.717, 1.165) is 41.3 Å². The number of rotatable bonds is 4. The largest absolute Gasteiger partial charge is 0.346 e. The van der Waals surface area contributed by atoms with Crippen LogP contribution in [0.1, 0.15) is 40.0 Å². The fourth-order valence-electron chi connectivity index (χ4n) is 2.83. The van der Waals surface area contributed by atoms with E-state index in [4.69, 9.17) is 0 Å². The lowest BCUT2D eigenvalue weighted by Crippen LogP contribution is -2.30. The monoisotopic (exact) mass is 256 g/mol. The van der Waals surface area contributed by atoms with Crippen molar-refractivity contribution in [3.8, 4) is 0 Å². The second kappa shape index (κ2) is 4.37. The van der Waals surface area contributed by atoms with Crippen molar-refractivity contribution in [2.75, 3.05) is 0 Å². The van der Waals surface area contributed by atoms with Crippen LogP contribution in [0.3, 0.4) is 0 Å². The first-order chi connectivity index (χ1) is 9.18. The van der Waals surface area contributed by atoms with Crippen LogP contribution in [0.25, 0.3) is 22.1 Å². The molecule has 1 unspecified atom stereocenters. The molecule has 3 aromatic heterocycles. The average Bonchev–Trinajstić information content (AvgIpc) is 3.01. The van der Waals surface area contributed by atoms with Crippen molar-refractivity contribution >= 4 is 22.1 Å². The lowest BCUT2D eigenvalue weighted by Gasteiger charge is -2.29. The van der Waals surface area contributed by atoms with E-state index in [2.05, 4.69) is 52.7 Å². The third kappa shape index (κ3) is 1.82. The van der Waals surface area contributed by atoms with Gasteiger partial charge in [-0.25, -0.2) is 4.98 Å². The van der Waals surface area contributed by atoms with Crippen molar-refractivity contribution in [2.24, 2.45) is 0 Å². The molecule has 3 aromatic rings. The van der Waals surface area contributed by atoms with E-state index in [-0.39, 0.29) is 5.54 Å². The van der Waals surface area contributed by atoms with E-state index < -0.39 is 0 Å². The Bertz CT molecular complexity index is 709. The number of nitrogens with zero attached hydrogens (tertiary/aromatic N) is 3. The Morgan fingerprint density at radius 3 is 2.95 bits per heavy atom. The fraction of sp³-hybridized carbons (Fsp3) is 0.467. The van der Waals surface area contributed by atoms with Crippen LogP contribution in [0.15, 0.2) is 24.5 Å². The number of hydrogen-bond donors (Lipinski definition) is 1. The first-order valence-electron chi connectivity index (χ1n) is 7.00. The van der Waals surface area contributed by atoms with E-state index in [0.29, 0.717) is 0 Å². The van der Waals surface area contributed by atoms with Gasteiger partial charge in [0.25, 0.3) is 0 Å². The van der Waals surface area contributed by atoms with E-state index >= 15 is 0 Å². The molecule has 4 nitrogen and oxygen atoms in total. The predicted molar refractivity (Wildman–Crippen MR) is 78.2 cm³/mol. The van der Waals surface area contributed by atoms with Gasteiger partial charge in [0.05, 0.1) is 17.3 Å². The van der Waals surface area contributed by atoms with Crippen molar-refractivity contribution in [2.45, 2.75) is 45.6 Å². The molecule has 1 N–H and O–H groups in total. The van der Waals surface area contributed by atoms with Gasteiger partial charge in [0.2, 0.25) is 0 Å². The number of fused-ring (bicyclic) bond motifs is 2. The van der Waals surface area contributed by atoms with Crippen LogP contribution in [-0.4, -0.2) is 19.7 Å². The third-order valence-electron chi connectivity index (χ3n) is 4.13. The van der Waals surface area contributed by atoms with Gasteiger partial charge in [-0.2, -0.15) is 5.10 Å². The summed E-state index contributed by atoms with van der Waals surface area (Å²) in [4.78, 5) is 7.78. The van der Waals surface area contributed by atoms with Gasteiger partial charge in [-0.15, -0.1) is 0 Å². The van der Waals surface area contributed by atoms with Crippen LogP contribution in [0.5, 0.6) is 0 Å². The van der Waals surface area contributed by atoms with Crippen LogP contribution in [0, 0.1) is 0 Å². The Morgan fingerprint density at radius 2 is 2.21 bits per heavy atom. The molecule has 19 heavy (non-hydrogen) atoms. The van der Waals surface area contributed by atoms with Gasteiger partial charge in [-0.3, -0.25) is 4.68 Å². The molecule has 3 rings (SSSR count). The van der Waals surface area contributed by atoms with Crippen molar-refractivity contribution in [3.05, 3.63) is 24.5 Å². The lowest BCUT2D eigenvalue weighted by molar-refractivity contribution is 0.260. The standard InChI is InChI=1S/C15H20N4/c1-4-7-15(3,5-2)19-13-9-11-6-8-16-14(11)18-12(13)10-17-19/h6,8-10H,4-5,7H2,1-3H3,(H,16,18). The molecule has 1 atom stereocenters. The number of hydrogen-bond acceptors (Lipinski definition) is 2. The summed E-state index contributed by atoms with van der Waals surface area (Å²) in [5.74, 6) is 0. The molecule has 4 heteroatoms. The number of aromatic nitrogens is 4. The summed E-state index contributed by atoms with van der Waals surface area (Å²) in [6, 6.07) is 4.24. The summed E-state index contributed by atoms with van der Waals surface area (Å²) in [5, 5.41) is 5.74. The summed E-state index contributed by atoms with van der Waals surface area (Å²) >= 11 is 0. The van der Waals surface area contributed by atoms with Crippen molar-refractivity contribution in [1.29, 1.82) is 0 Å². The number of pyridine rings is 1. The van der Waals surface area contributed by atoms with Crippen LogP contribution >= 0.6 is 0 Å². The molecule has 0 fully saturated rings. The molecule has 0 aromatic carbocycles. The molecule has 0 bridgehead atoms. The Morgan fingerprint density at radius 1 is 1.37 bits per heavy atom. The van der Waals surface area contributed by atoms with E-state index in [1.54, 1.807) is 0 Å². The maximum Gasteiger partial charge on any atom is 0.138 e. The Hall–Kier alpha value is -1.84. The van der Waals surface area contributed by atoms with E-state index in [1.165, 1.54) is 0 Å². The minimum atomic E-state index is 0.0716. The summed E-state index contributed by atoms with van der Waals surface area (Å²) in [5.41, 5.74) is 3.10. The minimum absolute atomic E-state index is 0.0716. The minimum Gasteiger partial charge on any atom is -0.346 e. The van der Waals surface area contributed by atoms with E-state index in [1.807, 2.05) is 12.4 Å². The zero-order valence-corrected chi connectivity index (χ0v) is 11.8. The second-order valence-corrected chi connectivity index (χ2v) is 5.47. The quantitative estimate of drug-likeness (QED) is 0.771. The molecule has 0 aliphatic rings. The molecule has 0 amide bonds. The summed E-state index contributed by atoms with van der Waals surface area (Å²) < 4.78 is 2.16. The molecule has 0 saturated heterocycles. The maximum atomic E-state index is 4.63. The lowest BCUT2D eigenvalue weighted by atomic mass is 9.93. The van der Waals surface area contributed by atoms with Crippen molar-refractivity contribution in [3.63, 3.8) is 0 Å². The summed E-state index contributed by atoms with van der Waals surface area (Å²) in [6.07, 6.45) is 7.17. The van der Waals surface area contributed by atoms with Gasteiger partial charge in [-0.05, 0) is 31.9 Å². The summed E-state index contributed by atoms with van der Waals surface area (Å²) in [7, 11) is 0. The van der Waals surface area contributed by atoms with Crippen molar-refractivity contribution < 1.29 is 0 Å². The van der Waals surface area contributed by atoms with Gasteiger partial charge in [0.1, 0.15) is 11.2 Å². The number of aromatic amines is 1. The smallest absolute Gasteiger partial charge is 0.138 e. The zero-order valence-electron chi connectivity index (χ0n) is 11.8. The molecule has 3 heterocycles. The number of nitrogens with one attached hydrogen (secondary N) is 1. The van der Waals surface area contributed by atoms with Gasteiger partial charge >= 0.3 is 0 Å². The van der Waals surface area contributed by atoms with Crippen molar-refractivity contribution in [1.82, 2.24) is 19.7 Å². The fourth-order valence-corrected chi connectivity index (χ4v) is 2.83. The first kappa shape index (κ1) is 12.2. The highest BCUT2D eigenvalue weighted by Crippen LogP contribution is 2.30. The van der Waals surface area contributed by atoms with Gasteiger partial charge < -0.3 is 4.98 Å². The predicted octanol–water partition coefficient (Wildman–Crippen LogP) is 3.84. The molecule has 0 aliphatic heterocycles. The van der Waals surface area contributed by atoms with Gasteiger partial charge in [0, 0.05) is 11.6 Å². The molecular formula is C15H20N4. The average molecular weight is 256 g/mol. The molecule has 0 radical (unpaired) electrons. The Kier molecular flexibility index (Phi) is 2.81. The van der Waals surface area contributed by atoms with Gasteiger partial charge in [0.15, 0.2) is 0 Å². The SMILES string of the molecule is CCCC(C)(CC)n1ncc2nc3[nH]ccc3cc21. The highest BCUT2D eigenvalue weighted by atomic mass is 15.3. The molecule has 0 saturated carbocycles. The Labute approximate surface area is 112 Å². The molecule has 0 aliphatic carbocycles. The second-order valence-electron chi connectivity index (χ2n) is 5.47. The molecule has 100 valence electrons. The number of H-pyrrole nitrogens is 1. The van der Waals surface area contributed by atoms with Crippen LogP contribution < -0.4 is 0 Å². The van der Waals surface area contributed by atoms with Crippen LogP contribution in [0.4, 0.5) is 0 Å². The normalized spacial score (nSPS) is 15.1.